The maximum atomic E-state index is 11.6. The lowest BCUT2D eigenvalue weighted by atomic mass is 10.4. The van der Waals surface area contributed by atoms with Gasteiger partial charge in [0.2, 0.25) is 0 Å². The van der Waals surface area contributed by atoms with E-state index in [1.807, 2.05) is 24.3 Å². The SMILES string of the molecule is CCCC[S@@](=O)c1ccc(Br)cc1. The Balaban J connectivity index is 2.61. The van der Waals surface area contributed by atoms with Crippen molar-refractivity contribution in [1.29, 1.82) is 0 Å². The van der Waals surface area contributed by atoms with Gasteiger partial charge < -0.3 is 0 Å². The molecule has 13 heavy (non-hydrogen) atoms. The van der Waals surface area contributed by atoms with Crippen LogP contribution in [0.2, 0.25) is 0 Å². The van der Waals surface area contributed by atoms with E-state index in [2.05, 4.69) is 22.9 Å². The molecular formula is C10H13BrOS. The topological polar surface area (TPSA) is 17.1 Å². The minimum Gasteiger partial charge on any atom is -0.254 e. The molecule has 0 aliphatic carbocycles. The first-order chi connectivity index (χ1) is 6.24. The van der Waals surface area contributed by atoms with Gasteiger partial charge in [0.25, 0.3) is 0 Å². The average molecular weight is 261 g/mol. The quantitative estimate of drug-likeness (QED) is 0.812. The highest BCUT2D eigenvalue weighted by Gasteiger charge is 2.01. The zero-order chi connectivity index (χ0) is 9.68. The van der Waals surface area contributed by atoms with Gasteiger partial charge in [0.1, 0.15) is 0 Å². The summed E-state index contributed by atoms with van der Waals surface area (Å²) < 4.78 is 12.6. The molecule has 0 heterocycles. The van der Waals surface area contributed by atoms with Gasteiger partial charge in [0, 0.05) is 15.1 Å². The molecule has 0 aromatic heterocycles. The van der Waals surface area contributed by atoms with Crippen molar-refractivity contribution >= 4 is 26.7 Å². The Kier molecular flexibility index (Phi) is 4.67. The van der Waals surface area contributed by atoms with E-state index in [1.165, 1.54) is 0 Å². The van der Waals surface area contributed by atoms with Gasteiger partial charge >= 0.3 is 0 Å². The summed E-state index contributed by atoms with van der Waals surface area (Å²) in [5.41, 5.74) is 0. The lowest BCUT2D eigenvalue weighted by molar-refractivity contribution is 0.679. The van der Waals surface area contributed by atoms with Crippen LogP contribution in [-0.4, -0.2) is 9.96 Å². The van der Waals surface area contributed by atoms with Crippen molar-refractivity contribution < 1.29 is 4.21 Å². The van der Waals surface area contributed by atoms with E-state index in [-0.39, 0.29) is 0 Å². The third-order valence-electron chi connectivity index (χ3n) is 1.76. The Morgan fingerprint density at radius 2 is 1.92 bits per heavy atom. The fraction of sp³-hybridized carbons (Fsp3) is 0.400. The van der Waals surface area contributed by atoms with Crippen LogP contribution < -0.4 is 0 Å². The molecule has 0 saturated heterocycles. The first-order valence-electron chi connectivity index (χ1n) is 4.38. The van der Waals surface area contributed by atoms with Crippen LogP contribution in [-0.2, 0) is 10.8 Å². The van der Waals surface area contributed by atoms with Crippen molar-refractivity contribution in [1.82, 2.24) is 0 Å². The van der Waals surface area contributed by atoms with Crippen molar-refractivity contribution in [3.63, 3.8) is 0 Å². The highest BCUT2D eigenvalue weighted by Crippen LogP contribution is 2.14. The molecule has 1 rings (SSSR count). The molecule has 0 N–H and O–H groups in total. The molecule has 0 aliphatic heterocycles. The van der Waals surface area contributed by atoms with Crippen LogP contribution in [0.25, 0.3) is 0 Å². The largest absolute Gasteiger partial charge is 0.254 e. The van der Waals surface area contributed by atoms with E-state index in [0.717, 1.165) is 28.0 Å². The van der Waals surface area contributed by atoms with Crippen LogP contribution in [0.1, 0.15) is 19.8 Å². The van der Waals surface area contributed by atoms with Crippen molar-refractivity contribution in [3.8, 4) is 0 Å². The lowest BCUT2D eigenvalue weighted by Crippen LogP contribution is -1.96. The smallest absolute Gasteiger partial charge is 0.0529 e. The number of benzene rings is 1. The van der Waals surface area contributed by atoms with E-state index in [4.69, 9.17) is 0 Å². The maximum Gasteiger partial charge on any atom is 0.0529 e. The van der Waals surface area contributed by atoms with E-state index in [1.54, 1.807) is 0 Å². The summed E-state index contributed by atoms with van der Waals surface area (Å²) in [5, 5.41) is 0. The minimum absolute atomic E-state index is 0.776. The number of rotatable bonds is 4. The van der Waals surface area contributed by atoms with E-state index < -0.39 is 10.8 Å². The molecule has 72 valence electrons. The van der Waals surface area contributed by atoms with Gasteiger partial charge in [-0.2, -0.15) is 0 Å². The highest BCUT2D eigenvalue weighted by atomic mass is 79.9. The van der Waals surface area contributed by atoms with Crippen molar-refractivity contribution in [2.24, 2.45) is 0 Å². The van der Waals surface area contributed by atoms with Gasteiger partial charge in [-0.05, 0) is 30.7 Å². The Hall–Kier alpha value is -0.150. The summed E-state index contributed by atoms with van der Waals surface area (Å²) in [5.74, 6) is 0.776. The van der Waals surface area contributed by atoms with Gasteiger partial charge in [0.15, 0.2) is 0 Å². The number of hydrogen-bond acceptors (Lipinski definition) is 1. The number of hydrogen-bond donors (Lipinski definition) is 0. The van der Waals surface area contributed by atoms with Crippen LogP contribution in [0.5, 0.6) is 0 Å². The molecule has 0 fully saturated rings. The first kappa shape index (κ1) is 10.9. The Bertz CT molecular complexity index is 281. The fourth-order valence-electron chi connectivity index (χ4n) is 0.980. The van der Waals surface area contributed by atoms with Crippen molar-refractivity contribution in [3.05, 3.63) is 28.7 Å². The van der Waals surface area contributed by atoms with Crippen molar-refractivity contribution in [2.45, 2.75) is 24.7 Å². The second kappa shape index (κ2) is 5.55. The average Bonchev–Trinajstić information content (AvgIpc) is 2.15. The summed E-state index contributed by atoms with van der Waals surface area (Å²) in [4.78, 5) is 0.927. The molecule has 0 aliphatic rings. The van der Waals surface area contributed by atoms with E-state index in [0.29, 0.717) is 0 Å². The molecule has 0 unspecified atom stereocenters. The summed E-state index contributed by atoms with van der Waals surface area (Å²) in [6, 6.07) is 7.68. The Labute approximate surface area is 90.1 Å². The molecule has 1 aromatic rings. The predicted octanol–water partition coefficient (Wildman–Crippen LogP) is 3.36. The third kappa shape index (κ3) is 3.61. The summed E-state index contributed by atoms with van der Waals surface area (Å²) in [6.07, 6.45) is 2.13. The van der Waals surface area contributed by atoms with Gasteiger partial charge in [-0.1, -0.05) is 29.3 Å². The molecule has 0 bridgehead atoms. The fourth-order valence-corrected chi connectivity index (χ4v) is 2.47. The highest BCUT2D eigenvalue weighted by molar-refractivity contribution is 9.10. The summed E-state index contributed by atoms with van der Waals surface area (Å²) in [7, 11) is -0.812. The van der Waals surface area contributed by atoms with Crippen LogP contribution in [0.3, 0.4) is 0 Å². The first-order valence-corrected chi connectivity index (χ1v) is 6.49. The normalized spacial score (nSPS) is 12.8. The Morgan fingerprint density at radius 1 is 1.31 bits per heavy atom. The van der Waals surface area contributed by atoms with Gasteiger partial charge in [0.05, 0.1) is 10.8 Å². The second-order valence-corrected chi connectivity index (χ2v) is 5.34. The molecule has 1 aromatic carbocycles. The van der Waals surface area contributed by atoms with Crippen LogP contribution >= 0.6 is 15.9 Å². The molecule has 1 nitrogen and oxygen atoms in total. The lowest BCUT2D eigenvalue weighted by Gasteiger charge is -2.00. The molecule has 1 atom stereocenters. The van der Waals surface area contributed by atoms with Gasteiger partial charge in [-0.15, -0.1) is 0 Å². The maximum absolute atomic E-state index is 11.6. The zero-order valence-corrected chi connectivity index (χ0v) is 10.0. The van der Waals surface area contributed by atoms with Crippen LogP contribution in [0.15, 0.2) is 33.6 Å². The molecule has 0 radical (unpaired) electrons. The third-order valence-corrected chi connectivity index (χ3v) is 3.75. The molecular weight excluding hydrogens is 248 g/mol. The predicted molar refractivity (Wildman–Crippen MR) is 60.3 cm³/mol. The minimum atomic E-state index is -0.812. The zero-order valence-electron chi connectivity index (χ0n) is 7.63. The van der Waals surface area contributed by atoms with E-state index >= 15 is 0 Å². The molecule has 0 saturated carbocycles. The second-order valence-electron chi connectivity index (χ2n) is 2.86. The van der Waals surface area contributed by atoms with Crippen LogP contribution in [0, 0.1) is 0 Å². The van der Waals surface area contributed by atoms with E-state index in [9.17, 15) is 4.21 Å². The molecule has 0 spiro atoms. The molecule has 0 amide bonds. The Morgan fingerprint density at radius 3 is 2.46 bits per heavy atom. The van der Waals surface area contributed by atoms with Crippen LogP contribution in [0.4, 0.5) is 0 Å². The number of unbranched alkanes of at least 4 members (excludes halogenated alkanes) is 1. The molecule has 3 heteroatoms. The van der Waals surface area contributed by atoms with Gasteiger partial charge in [-0.25, -0.2) is 0 Å². The summed E-state index contributed by atoms with van der Waals surface area (Å²) in [6.45, 7) is 2.11. The summed E-state index contributed by atoms with van der Waals surface area (Å²) >= 11 is 3.35. The van der Waals surface area contributed by atoms with Crippen molar-refractivity contribution in [2.75, 3.05) is 5.75 Å². The number of halogens is 1. The standard InChI is InChI=1S/C10H13BrOS/c1-2-3-8-13(12)10-6-4-9(11)5-7-10/h4-7H,2-3,8H2,1H3/t13-/m1/s1. The van der Waals surface area contributed by atoms with Gasteiger partial charge in [-0.3, -0.25) is 4.21 Å². The monoisotopic (exact) mass is 260 g/mol.